The molecule has 0 aromatic heterocycles. The highest BCUT2D eigenvalue weighted by molar-refractivity contribution is 5.75. The predicted molar refractivity (Wildman–Crippen MR) is 51.8 cm³/mol. The molecule has 13 heavy (non-hydrogen) atoms. The number of carbonyl (C=O) groups is 1. The second-order valence-corrected chi connectivity index (χ2v) is 4.00. The topological polar surface area (TPSA) is 58.4 Å². The van der Waals surface area contributed by atoms with E-state index >= 15 is 0 Å². The second kappa shape index (κ2) is 4.58. The third-order valence-corrected chi connectivity index (χ3v) is 2.70. The molecule has 1 aliphatic rings. The van der Waals surface area contributed by atoms with E-state index in [0.717, 1.165) is 19.0 Å². The molecule has 0 bridgehead atoms. The van der Waals surface area contributed by atoms with Crippen molar-refractivity contribution in [3.8, 4) is 0 Å². The minimum atomic E-state index is -0.0771. The van der Waals surface area contributed by atoms with Crippen LogP contribution in [0.25, 0.3) is 0 Å². The lowest BCUT2D eigenvalue weighted by Gasteiger charge is -2.19. The largest absolute Gasteiger partial charge is 0.300 e. The molecule has 0 aliphatic carbocycles. The quantitative estimate of drug-likeness (QED) is 0.372. The van der Waals surface area contributed by atoms with Gasteiger partial charge in [0.1, 0.15) is 0 Å². The van der Waals surface area contributed by atoms with Crippen LogP contribution >= 0.6 is 0 Å². The van der Waals surface area contributed by atoms with Crippen molar-refractivity contribution in [3.05, 3.63) is 0 Å². The van der Waals surface area contributed by atoms with Crippen molar-refractivity contribution in [3.63, 3.8) is 0 Å². The van der Waals surface area contributed by atoms with Gasteiger partial charge in [0.15, 0.2) is 0 Å². The van der Waals surface area contributed by atoms with Crippen molar-refractivity contribution >= 4 is 5.91 Å². The van der Waals surface area contributed by atoms with Crippen LogP contribution in [0.15, 0.2) is 0 Å². The number of carbonyl (C=O) groups excluding carboxylic acids is 1. The molecule has 4 nitrogen and oxygen atoms in total. The van der Waals surface area contributed by atoms with Gasteiger partial charge in [-0.25, -0.2) is 5.84 Å². The maximum absolute atomic E-state index is 10.9. The van der Waals surface area contributed by atoms with Gasteiger partial charge in [0.25, 0.3) is 0 Å². The molecule has 0 aromatic carbocycles. The van der Waals surface area contributed by atoms with E-state index < -0.39 is 0 Å². The fourth-order valence-electron chi connectivity index (χ4n) is 2.02. The Kier molecular flexibility index (Phi) is 3.69. The third kappa shape index (κ3) is 2.97. The molecule has 76 valence electrons. The van der Waals surface area contributed by atoms with E-state index in [4.69, 9.17) is 5.84 Å². The molecule has 1 saturated heterocycles. The molecule has 1 rings (SSSR count). The van der Waals surface area contributed by atoms with Crippen LogP contribution in [0.4, 0.5) is 0 Å². The normalized spacial score (nSPS) is 29.2. The Bertz CT molecular complexity index is 184. The van der Waals surface area contributed by atoms with Crippen LogP contribution in [0.1, 0.15) is 26.7 Å². The van der Waals surface area contributed by atoms with Gasteiger partial charge in [-0.15, -0.1) is 0 Å². The van der Waals surface area contributed by atoms with Gasteiger partial charge in [0.2, 0.25) is 5.91 Å². The van der Waals surface area contributed by atoms with E-state index in [1.165, 1.54) is 6.42 Å². The standard InChI is InChI=1S/C9H19N3O/c1-7-5-8(2)12(6-7)4-3-9(13)11-10/h7-8H,3-6,10H2,1-2H3,(H,11,13). The maximum atomic E-state index is 10.9. The molecular weight excluding hydrogens is 166 g/mol. The van der Waals surface area contributed by atoms with Gasteiger partial charge in [0, 0.05) is 25.6 Å². The first-order valence-corrected chi connectivity index (χ1v) is 4.87. The summed E-state index contributed by atoms with van der Waals surface area (Å²) in [4.78, 5) is 13.2. The molecule has 1 fully saturated rings. The highest BCUT2D eigenvalue weighted by Gasteiger charge is 2.25. The van der Waals surface area contributed by atoms with Crippen LogP contribution in [-0.4, -0.2) is 29.9 Å². The first-order valence-electron chi connectivity index (χ1n) is 4.87. The molecule has 2 atom stereocenters. The fourth-order valence-corrected chi connectivity index (χ4v) is 2.02. The summed E-state index contributed by atoms with van der Waals surface area (Å²) in [6.45, 7) is 6.40. The Hall–Kier alpha value is -0.610. The highest BCUT2D eigenvalue weighted by Crippen LogP contribution is 2.21. The van der Waals surface area contributed by atoms with E-state index in [1.54, 1.807) is 0 Å². The lowest BCUT2D eigenvalue weighted by Crippen LogP contribution is -2.35. The minimum absolute atomic E-state index is 0.0771. The van der Waals surface area contributed by atoms with Crippen molar-refractivity contribution in [1.82, 2.24) is 10.3 Å². The van der Waals surface area contributed by atoms with Crippen molar-refractivity contribution < 1.29 is 4.79 Å². The molecular formula is C9H19N3O. The summed E-state index contributed by atoms with van der Waals surface area (Å²) < 4.78 is 0. The number of hydrogen-bond donors (Lipinski definition) is 2. The Morgan fingerprint density at radius 3 is 2.77 bits per heavy atom. The molecule has 0 radical (unpaired) electrons. The van der Waals surface area contributed by atoms with E-state index in [9.17, 15) is 4.79 Å². The van der Waals surface area contributed by atoms with Crippen LogP contribution in [0, 0.1) is 5.92 Å². The molecule has 0 aromatic rings. The molecule has 4 heteroatoms. The molecule has 1 heterocycles. The summed E-state index contributed by atoms with van der Waals surface area (Å²) in [5.41, 5.74) is 2.15. The number of nitrogens with one attached hydrogen (secondary N) is 1. The summed E-state index contributed by atoms with van der Waals surface area (Å²) in [5, 5.41) is 0. The van der Waals surface area contributed by atoms with Crippen molar-refractivity contribution in [1.29, 1.82) is 0 Å². The lowest BCUT2D eigenvalue weighted by molar-refractivity contribution is -0.121. The van der Waals surface area contributed by atoms with Crippen LogP contribution in [-0.2, 0) is 4.79 Å². The number of amides is 1. The Morgan fingerprint density at radius 1 is 1.62 bits per heavy atom. The SMILES string of the molecule is CC1CC(C)N(CCC(=O)NN)C1. The van der Waals surface area contributed by atoms with Gasteiger partial charge in [0.05, 0.1) is 0 Å². The monoisotopic (exact) mass is 185 g/mol. The lowest BCUT2D eigenvalue weighted by atomic mass is 10.1. The molecule has 3 N–H and O–H groups in total. The first kappa shape index (κ1) is 10.5. The van der Waals surface area contributed by atoms with Crippen molar-refractivity contribution in [2.75, 3.05) is 13.1 Å². The highest BCUT2D eigenvalue weighted by atomic mass is 16.2. The van der Waals surface area contributed by atoms with Gasteiger partial charge in [-0.3, -0.25) is 15.1 Å². The smallest absolute Gasteiger partial charge is 0.235 e. The van der Waals surface area contributed by atoms with Gasteiger partial charge in [-0.2, -0.15) is 0 Å². The summed E-state index contributed by atoms with van der Waals surface area (Å²) in [6.07, 6.45) is 1.75. The zero-order valence-electron chi connectivity index (χ0n) is 8.42. The van der Waals surface area contributed by atoms with Gasteiger partial charge >= 0.3 is 0 Å². The number of nitrogens with two attached hydrogens (primary N) is 1. The predicted octanol–water partition coefficient (Wildman–Crippen LogP) is 0.0967. The third-order valence-electron chi connectivity index (χ3n) is 2.70. The summed E-state index contributed by atoms with van der Waals surface area (Å²) in [5.74, 6) is 5.68. The first-order chi connectivity index (χ1) is 6.13. The number of likely N-dealkylation sites (tertiary alicyclic amines) is 1. The second-order valence-electron chi connectivity index (χ2n) is 4.00. The zero-order valence-corrected chi connectivity index (χ0v) is 8.42. The van der Waals surface area contributed by atoms with Gasteiger partial charge in [-0.1, -0.05) is 6.92 Å². The Morgan fingerprint density at radius 2 is 2.31 bits per heavy atom. The van der Waals surface area contributed by atoms with Gasteiger partial charge < -0.3 is 0 Å². The Labute approximate surface area is 79.4 Å². The molecule has 2 unspecified atom stereocenters. The van der Waals surface area contributed by atoms with E-state index in [2.05, 4.69) is 24.2 Å². The van der Waals surface area contributed by atoms with Crippen LogP contribution in [0.3, 0.4) is 0 Å². The van der Waals surface area contributed by atoms with Crippen LogP contribution in [0.2, 0.25) is 0 Å². The molecule has 1 amide bonds. The minimum Gasteiger partial charge on any atom is -0.300 e. The van der Waals surface area contributed by atoms with Crippen molar-refractivity contribution in [2.45, 2.75) is 32.7 Å². The maximum Gasteiger partial charge on any atom is 0.235 e. The van der Waals surface area contributed by atoms with Crippen LogP contribution in [0.5, 0.6) is 0 Å². The average molecular weight is 185 g/mol. The molecule has 0 spiro atoms. The van der Waals surface area contributed by atoms with E-state index in [0.29, 0.717) is 12.5 Å². The Balaban J connectivity index is 2.25. The number of nitrogens with zero attached hydrogens (tertiary/aromatic N) is 1. The van der Waals surface area contributed by atoms with Crippen molar-refractivity contribution in [2.24, 2.45) is 11.8 Å². The van der Waals surface area contributed by atoms with E-state index in [-0.39, 0.29) is 5.91 Å². The molecule has 1 aliphatic heterocycles. The summed E-state index contributed by atoms with van der Waals surface area (Å²) in [6, 6.07) is 0.612. The average Bonchev–Trinajstić information content (AvgIpc) is 2.41. The fraction of sp³-hybridized carbons (Fsp3) is 0.889. The zero-order chi connectivity index (χ0) is 9.84. The van der Waals surface area contributed by atoms with Crippen LogP contribution < -0.4 is 11.3 Å². The number of hydrazine groups is 1. The van der Waals surface area contributed by atoms with Gasteiger partial charge in [-0.05, 0) is 19.3 Å². The number of rotatable bonds is 3. The molecule has 0 saturated carbocycles. The summed E-state index contributed by atoms with van der Waals surface area (Å²) in [7, 11) is 0. The summed E-state index contributed by atoms with van der Waals surface area (Å²) >= 11 is 0. The van der Waals surface area contributed by atoms with E-state index in [1.807, 2.05) is 0 Å². The number of hydrogen-bond acceptors (Lipinski definition) is 3.